The number of carbonyl (C=O) groups is 1. The van der Waals surface area contributed by atoms with E-state index in [0.29, 0.717) is 12.1 Å². The van der Waals surface area contributed by atoms with Gasteiger partial charge >= 0.3 is 5.97 Å². The number of anilines is 1. The molecule has 0 fully saturated rings. The molecule has 19 heavy (non-hydrogen) atoms. The van der Waals surface area contributed by atoms with Crippen LogP contribution in [0.3, 0.4) is 0 Å². The molecular formula is C13H14N2O4. The molecule has 2 N–H and O–H groups in total. The second-order valence-electron chi connectivity index (χ2n) is 3.95. The molecule has 6 nitrogen and oxygen atoms in total. The van der Waals surface area contributed by atoms with Crippen LogP contribution in [0.25, 0.3) is 0 Å². The van der Waals surface area contributed by atoms with Gasteiger partial charge in [-0.2, -0.15) is 0 Å². The molecule has 1 unspecified atom stereocenters. The van der Waals surface area contributed by atoms with Crippen LogP contribution in [-0.2, 0) is 0 Å². The third kappa shape index (κ3) is 3.71. The Kier molecular flexibility index (Phi) is 4.89. The summed E-state index contributed by atoms with van der Waals surface area (Å²) in [7, 11) is 0. The van der Waals surface area contributed by atoms with Gasteiger partial charge in [-0.15, -0.1) is 12.3 Å². The van der Waals surface area contributed by atoms with Gasteiger partial charge in [0.2, 0.25) is 0 Å². The van der Waals surface area contributed by atoms with Gasteiger partial charge in [0.15, 0.2) is 0 Å². The van der Waals surface area contributed by atoms with Crippen LogP contribution in [0.1, 0.15) is 30.1 Å². The lowest BCUT2D eigenvalue weighted by Gasteiger charge is -2.17. The Bertz CT molecular complexity index is 534. The fraction of sp³-hybridized carbons (Fsp3) is 0.308. The van der Waals surface area contributed by atoms with Crippen molar-refractivity contribution in [1.82, 2.24) is 0 Å². The second-order valence-corrected chi connectivity index (χ2v) is 3.95. The first-order valence-electron chi connectivity index (χ1n) is 5.71. The van der Waals surface area contributed by atoms with Crippen molar-refractivity contribution in [1.29, 1.82) is 0 Å². The van der Waals surface area contributed by atoms with Gasteiger partial charge in [-0.05, 0) is 12.5 Å². The lowest BCUT2D eigenvalue weighted by atomic mass is 10.1. The summed E-state index contributed by atoms with van der Waals surface area (Å²) in [4.78, 5) is 21.1. The summed E-state index contributed by atoms with van der Waals surface area (Å²) in [5.41, 5.74) is -0.0576. The standard InChI is InChI=1S/C13H14N2O4/c1-3-5-9(4-2)14-12-7-6-10(15(18)19)8-11(12)13(16)17/h1,6-9,14H,4-5H2,2H3,(H,16,17). The van der Waals surface area contributed by atoms with Gasteiger partial charge in [-0.1, -0.05) is 6.92 Å². The molecule has 0 aliphatic heterocycles. The number of terminal acetylenes is 1. The largest absolute Gasteiger partial charge is 0.478 e. The molecule has 1 rings (SSSR count). The van der Waals surface area contributed by atoms with Crippen LogP contribution in [0.15, 0.2) is 18.2 Å². The van der Waals surface area contributed by atoms with Gasteiger partial charge < -0.3 is 10.4 Å². The Morgan fingerprint density at radius 3 is 2.79 bits per heavy atom. The molecule has 0 spiro atoms. The zero-order valence-electron chi connectivity index (χ0n) is 10.4. The van der Waals surface area contributed by atoms with Gasteiger partial charge in [0.05, 0.1) is 10.5 Å². The van der Waals surface area contributed by atoms with Gasteiger partial charge in [-0.25, -0.2) is 4.79 Å². The molecule has 1 atom stereocenters. The van der Waals surface area contributed by atoms with Crippen LogP contribution in [0.4, 0.5) is 11.4 Å². The highest BCUT2D eigenvalue weighted by atomic mass is 16.6. The zero-order chi connectivity index (χ0) is 14.4. The smallest absolute Gasteiger partial charge is 0.338 e. The van der Waals surface area contributed by atoms with Gasteiger partial charge in [0.1, 0.15) is 0 Å². The Morgan fingerprint density at radius 2 is 2.32 bits per heavy atom. The Morgan fingerprint density at radius 1 is 1.63 bits per heavy atom. The number of carboxylic acid groups (broad SMARTS) is 1. The van der Waals surface area contributed by atoms with Gasteiger partial charge in [0.25, 0.3) is 5.69 Å². The van der Waals surface area contributed by atoms with Crippen LogP contribution >= 0.6 is 0 Å². The number of aromatic carboxylic acids is 1. The molecule has 100 valence electrons. The van der Waals surface area contributed by atoms with E-state index in [4.69, 9.17) is 11.5 Å². The summed E-state index contributed by atoms with van der Waals surface area (Å²) in [6.45, 7) is 1.92. The average Bonchev–Trinajstić information content (AvgIpc) is 2.37. The first-order chi connectivity index (χ1) is 8.99. The maximum atomic E-state index is 11.1. The highest BCUT2D eigenvalue weighted by Gasteiger charge is 2.17. The SMILES string of the molecule is C#CCC(CC)Nc1ccc([N+](=O)[O-])cc1C(=O)O. The number of hydrogen-bond acceptors (Lipinski definition) is 4. The fourth-order valence-electron chi connectivity index (χ4n) is 1.61. The molecule has 1 aromatic rings. The van der Waals surface area contributed by atoms with E-state index in [1.165, 1.54) is 12.1 Å². The van der Waals surface area contributed by atoms with Crippen LogP contribution in [0.2, 0.25) is 0 Å². The number of hydrogen-bond donors (Lipinski definition) is 2. The molecule has 0 bridgehead atoms. The van der Waals surface area contributed by atoms with Crippen molar-refractivity contribution in [2.75, 3.05) is 5.32 Å². The molecule has 0 amide bonds. The van der Waals surface area contributed by atoms with E-state index in [1.54, 1.807) is 0 Å². The maximum absolute atomic E-state index is 11.1. The van der Waals surface area contributed by atoms with Crippen molar-refractivity contribution in [2.24, 2.45) is 0 Å². The van der Waals surface area contributed by atoms with E-state index >= 15 is 0 Å². The minimum atomic E-state index is -1.22. The number of non-ortho nitro benzene ring substituents is 1. The number of carboxylic acids is 1. The van der Waals surface area contributed by atoms with Crippen LogP contribution in [0.5, 0.6) is 0 Å². The van der Waals surface area contributed by atoms with Crippen LogP contribution in [0, 0.1) is 22.5 Å². The van der Waals surface area contributed by atoms with E-state index in [1.807, 2.05) is 6.92 Å². The summed E-state index contributed by atoms with van der Waals surface area (Å²) in [5, 5.41) is 22.7. The lowest BCUT2D eigenvalue weighted by Crippen LogP contribution is -2.19. The van der Waals surface area contributed by atoms with Crippen molar-refractivity contribution >= 4 is 17.3 Å². The summed E-state index contributed by atoms with van der Waals surface area (Å²) in [6.07, 6.45) is 6.40. The number of nitrogens with zero attached hydrogens (tertiary/aromatic N) is 1. The molecule has 0 heterocycles. The summed E-state index contributed by atoms with van der Waals surface area (Å²) >= 11 is 0. The van der Waals surface area contributed by atoms with Crippen molar-refractivity contribution in [3.8, 4) is 12.3 Å². The zero-order valence-corrected chi connectivity index (χ0v) is 10.4. The molecule has 6 heteroatoms. The molecule has 0 saturated carbocycles. The van der Waals surface area contributed by atoms with Crippen LogP contribution in [-0.4, -0.2) is 22.0 Å². The molecule has 0 aromatic heterocycles. The van der Waals surface area contributed by atoms with Crippen molar-refractivity contribution < 1.29 is 14.8 Å². The third-order valence-corrected chi connectivity index (χ3v) is 2.66. The molecule has 0 saturated heterocycles. The molecule has 0 aliphatic carbocycles. The lowest BCUT2D eigenvalue weighted by molar-refractivity contribution is -0.384. The second kappa shape index (κ2) is 6.40. The summed E-state index contributed by atoms with van der Waals surface area (Å²) in [6, 6.07) is 3.62. The van der Waals surface area contributed by atoms with E-state index in [0.717, 1.165) is 12.5 Å². The third-order valence-electron chi connectivity index (χ3n) is 2.66. The number of nitro benzene ring substituents is 1. The van der Waals surface area contributed by atoms with E-state index < -0.39 is 10.9 Å². The van der Waals surface area contributed by atoms with Crippen LogP contribution < -0.4 is 5.32 Å². The monoisotopic (exact) mass is 262 g/mol. The number of benzene rings is 1. The molecule has 0 radical (unpaired) electrons. The Labute approximate surface area is 110 Å². The Hall–Kier alpha value is -2.55. The topological polar surface area (TPSA) is 92.5 Å². The fourth-order valence-corrected chi connectivity index (χ4v) is 1.61. The average molecular weight is 262 g/mol. The predicted octanol–water partition coefficient (Wildman–Crippen LogP) is 2.51. The van der Waals surface area contributed by atoms with Crippen molar-refractivity contribution in [3.63, 3.8) is 0 Å². The van der Waals surface area contributed by atoms with Crippen molar-refractivity contribution in [3.05, 3.63) is 33.9 Å². The van der Waals surface area contributed by atoms with Gasteiger partial charge in [-0.3, -0.25) is 10.1 Å². The number of nitrogens with one attached hydrogen (secondary N) is 1. The Balaban J connectivity index is 3.10. The van der Waals surface area contributed by atoms with Gasteiger partial charge in [0, 0.05) is 30.3 Å². The van der Waals surface area contributed by atoms with Crippen molar-refractivity contribution in [2.45, 2.75) is 25.8 Å². The number of nitro groups is 1. The normalized spacial score (nSPS) is 11.4. The minimum absolute atomic E-state index is 0.0652. The molecule has 0 aliphatic rings. The minimum Gasteiger partial charge on any atom is -0.478 e. The molecular weight excluding hydrogens is 248 g/mol. The number of rotatable bonds is 6. The first kappa shape index (κ1) is 14.5. The molecule has 1 aromatic carbocycles. The quantitative estimate of drug-likeness (QED) is 0.467. The van der Waals surface area contributed by atoms with E-state index in [9.17, 15) is 14.9 Å². The highest BCUT2D eigenvalue weighted by Crippen LogP contribution is 2.23. The highest BCUT2D eigenvalue weighted by molar-refractivity contribution is 5.95. The first-order valence-corrected chi connectivity index (χ1v) is 5.71. The predicted molar refractivity (Wildman–Crippen MR) is 71.2 cm³/mol. The van der Waals surface area contributed by atoms with E-state index in [-0.39, 0.29) is 17.3 Å². The van der Waals surface area contributed by atoms with E-state index in [2.05, 4.69) is 11.2 Å². The summed E-state index contributed by atoms with van der Waals surface area (Å²) in [5.74, 6) is 1.28. The summed E-state index contributed by atoms with van der Waals surface area (Å²) < 4.78 is 0. The maximum Gasteiger partial charge on any atom is 0.338 e.